The van der Waals surface area contributed by atoms with E-state index in [-0.39, 0.29) is 6.61 Å². The number of sulfonamides is 1. The van der Waals surface area contributed by atoms with Crippen molar-refractivity contribution in [3.05, 3.63) is 42.5 Å². The first-order valence-corrected chi connectivity index (χ1v) is 7.72. The number of hydrogen-bond donors (Lipinski definition) is 2. The van der Waals surface area contributed by atoms with Gasteiger partial charge in [0, 0.05) is 18.5 Å². The van der Waals surface area contributed by atoms with Gasteiger partial charge >= 0.3 is 0 Å². The van der Waals surface area contributed by atoms with Crippen molar-refractivity contribution in [3.8, 4) is 0 Å². The van der Waals surface area contributed by atoms with Crippen molar-refractivity contribution >= 4 is 20.8 Å². The number of aliphatic hydroxyl groups is 1. The summed E-state index contributed by atoms with van der Waals surface area (Å²) in [4.78, 5) is 0.301. The van der Waals surface area contributed by atoms with E-state index in [1.165, 1.54) is 0 Å². The highest BCUT2D eigenvalue weighted by Gasteiger charge is 2.15. The van der Waals surface area contributed by atoms with Crippen LogP contribution in [0.1, 0.15) is 12.8 Å². The van der Waals surface area contributed by atoms with E-state index >= 15 is 0 Å². The Morgan fingerprint density at radius 1 is 1.00 bits per heavy atom. The molecule has 2 aromatic carbocycles. The van der Waals surface area contributed by atoms with E-state index in [0.29, 0.717) is 24.3 Å². The van der Waals surface area contributed by atoms with E-state index in [2.05, 4.69) is 4.72 Å². The Kier molecular flexibility index (Phi) is 4.52. The normalized spacial score (nSPS) is 11.8. The monoisotopic (exact) mass is 279 g/mol. The van der Waals surface area contributed by atoms with Crippen LogP contribution in [0.2, 0.25) is 0 Å². The smallest absolute Gasteiger partial charge is 0.241 e. The maximum absolute atomic E-state index is 12.2. The van der Waals surface area contributed by atoms with Gasteiger partial charge in [-0.15, -0.1) is 0 Å². The summed E-state index contributed by atoms with van der Waals surface area (Å²) in [6.45, 7) is 0.419. The molecule has 0 saturated carbocycles. The summed E-state index contributed by atoms with van der Waals surface area (Å²) in [5, 5.41) is 10.3. The average Bonchev–Trinajstić information content (AvgIpc) is 2.43. The third-order valence-corrected chi connectivity index (χ3v) is 4.44. The summed E-state index contributed by atoms with van der Waals surface area (Å²) in [6.07, 6.45) is 1.22. The van der Waals surface area contributed by atoms with E-state index < -0.39 is 10.0 Å². The highest BCUT2D eigenvalue weighted by Crippen LogP contribution is 2.22. The molecule has 0 aliphatic carbocycles. The van der Waals surface area contributed by atoms with Crippen molar-refractivity contribution < 1.29 is 13.5 Å². The van der Waals surface area contributed by atoms with Crippen LogP contribution in [0.5, 0.6) is 0 Å². The molecule has 0 fully saturated rings. The molecule has 0 unspecified atom stereocenters. The zero-order chi connectivity index (χ0) is 13.7. The highest BCUT2D eigenvalue weighted by molar-refractivity contribution is 7.89. The van der Waals surface area contributed by atoms with Gasteiger partial charge in [-0.25, -0.2) is 13.1 Å². The van der Waals surface area contributed by atoms with Gasteiger partial charge in [-0.05, 0) is 24.3 Å². The predicted octanol–water partition coefficient (Wildman–Crippen LogP) is 1.89. The molecular weight excluding hydrogens is 262 g/mol. The van der Waals surface area contributed by atoms with Crippen molar-refractivity contribution in [2.45, 2.75) is 17.7 Å². The van der Waals surface area contributed by atoms with Crippen molar-refractivity contribution in [1.29, 1.82) is 0 Å². The van der Waals surface area contributed by atoms with Crippen LogP contribution < -0.4 is 4.72 Å². The fourth-order valence-corrected chi connectivity index (χ4v) is 3.25. The molecule has 0 saturated heterocycles. The lowest BCUT2D eigenvalue weighted by Gasteiger charge is -2.09. The van der Waals surface area contributed by atoms with Gasteiger partial charge in [0.05, 0.1) is 4.90 Å². The minimum atomic E-state index is -3.50. The zero-order valence-corrected chi connectivity index (χ0v) is 11.4. The first-order chi connectivity index (χ1) is 9.15. The van der Waals surface area contributed by atoms with Gasteiger partial charge in [0.15, 0.2) is 0 Å². The Hall–Kier alpha value is -1.43. The van der Waals surface area contributed by atoms with Gasteiger partial charge in [0.2, 0.25) is 10.0 Å². The van der Waals surface area contributed by atoms with Crippen LogP contribution in [0, 0.1) is 0 Å². The fraction of sp³-hybridized carbons (Fsp3) is 0.286. The van der Waals surface area contributed by atoms with Gasteiger partial charge in [0.1, 0.15) is 0 Å². The van der Waals surface area contributed by atoms with E-state index in [1.54, 1.807) is 18.2 Å². The van der Waals surface area contributed by atoms with Crippen LogP contribution >= 0.6 is 0 Å². The summed E-state index contributed by atoms with van der Waals surface area (Å²) in [5.41, 5.74) is 0. The lowest BCUT2D eigenvalue weighted by molar-refractivity contribution is 0.285. The number of hydrogen-bond acceptors (Lipinski definition) is 3. The molecule has 0 radical (unpaired) electrons. The van der Waals surface area contributed by atoms with Gasteiger partial charge < -0.3 is 5.11 Å². The third-order valence-electron chi connectivity index (χ3n) is 2.92. The first kappa shape index (κ1) is 14.0. The molecular formula is C14H17NO3S. The lowest BCUT2D eigenvalue weighted by Crippen LogP contribution is -2.25. The van der Waals surface area contributed by atoms with Gasteiger partial charge in [0.25, 0.3) is 0 Å². The summed E-state index contributed by atoms with van der Waals surface area (Å²) in [7, 11) is -3.50. The number of benzene rings is 2. The lowest BCUT2D eigenvalue weighted by atomic mass is 10.1. The topological polar surface area (TPSA) is 66.4 Å². The molecule has 102 valence electrons. The second-order valence-corrected chi connectivity index (χ2v) is 6.04. The molecule has 0 aliphatic rings. The predicted molar refractivity (Wildman–Crippen MR) is 75.5 cm³/mol. The molecule has 0 bridgehead atoms. The van der Waals surface area contributed by atoms with Gasteiger partial charge in [-0.3, -0.25) is 0 Å². The molecule has 0 aromatic heterocycles. The van der Waals surface area contributed by atoms with Gasteiger partial charge in [-0.1, -0.05) is 36.4 Å². The summed E-state index contributed by atoms with van der Waals surface area (Å²) in [6, 6.07) is 12.6. The summed E-state index contributed by atoms with van der Waals surface area (Å²) in [5.74, 6) is 0. The number of aliphatic hydroxyl groups excluding tert-OH is 1. The molecule has 2 aromatic rings. The van der Waals surface area contributed by atoms with E-state index in [1.807, 2.05) is 24.3 Å². The molecule has 19 heavy (non-hydrogen) atoms. The van der Waals surface area contributed by atoms with Crippen molar-refractivity contribution in [2.75, 3.05) is 13.2 Å². The maximum atomic E-state index is 12.2. The van der Waals surface area contributed by atoms with Gasteiger partial charge in [-0.2, -0.15) is 0 Å². The van der Waals surface area contributed by atoms with Crippen molar-refractivity contribution in [3.63, 3.8) is 0 Å². The summed E-state index contributed by atoms with van der Waals surface area (Å²) >= 11 is 0. The standard InChI is InChI=1S/C14H17NO3S/c16-11-4-3-10-15-19(17,18)14-9-5-7-12-6-1-2-8-13(12)14/h1-2,5-9,15-16H,3-4,10-11H2. The fourth-order valence-electron chi connectivity index (χ4n) is 1.95. The Morgan fingerprint density at radius 2 is 1.74 bits per heavy atom. The molecule has 0 atom stereocenters. The largest absolute Gasteiger partial charge is 0.396 e. The Balaban J connectivity index is 2.28. The Labute approximate surface area is 113 Å². The molecule has 5 heteroatoms. The van der Waals surface area contributed by atoms with E-state index in [9.17, 15) is 8.42 Å². The molecule has 2 rings (SSSR count). The molecule has 0 spiro atoms. The maximum Gasteiger partial charge on any atom is 0.241 e. The molecule has 0 aliphatic heterocycles. The highest BCUT2D eigenvalue weighted by atomic mass is 32.2. The quantitative estimate of drug-likeness (QED) is 0.794. The summed E-state index contributed by atoms with van der Waals surface area (Å²) < 4.78 is 27.0. The van der Waals surface area contributed by atoms with E-state index in [4.69, 9.17) is 5.11 Å². The second-order valence-electron chi connectivity index (χ2n) is 4.31. The zero-order valence-electron chi connectivity index (χ0n) is 10.5. The minimum absolute atomic E-state index is 0.0794. The number of nitrogens with one attached hydrogen (secondary N) is 1. The Bertz CT molecular complexity index is 647. The van der Waals surface area contributed by atoms with E-state index in [0.717, 1.165) is 10.8 Å². The van der Waals surface area contributed by atoms with Crippen molar-refractivity contribution in [2.24, 2.45) is 0 Å². The minimum Gasteiger partial charge on any atom is -0.396 e. The first-order valence-electron chi connectivity index (χ1n) is 6.23. The van der Waals surface area contributed by atoms with Crippen molar-refractivity contribution in [1.82, 2.24) is 4.72 Å². The van der Waals surface area contributed by atoms with Crippen LogP contribution in [-0.2, 0) is 10.0 Å². The van der Waals surface area contributed by atoms with Crippen LogP contribution in [0.15, 0.2) is 47.4 Å². The molecule has 0 amide bonds. The average molecular weight is 279 g/mol. The van der Waals surface area contributed by atoms with Crippen LogP contribution in [0.3, 0.4) is 0 Å². The van der Waals surface area contributed by atoms with Crippen LogP contribution in [-0.4, -0.2) is 26.7 Å². The number of unbranched alkanes of at least 4 members (excludes halogenated alkanes) is 1. The molecule has 0 heterocycles. The Morgan fingerprint density at radius 3 is 2.53 bits per heavy atom. The molecule has 2 N–H and O–H groups in total. The van der Waals surface area contributed by atoms with Crippen LogP contribution in [0.4, 0.5) is 0 Å². The third kappa shape index (κ3) is 3.32. The SMILES string of the molecule is O=S(=O)(NCCCCO)c1cccc2ccccc12. The number of rotatable bonds is 6. The molecule has 4 nitrogen and oxygen atoms in total. The van der Waals surface area contributed by atoms with Crippen LogP contribution in [0.25, 0.3) is 10.8 Å². The second kappa shape index (κ2) is 6.14. The number of fused-ring (bicyclic) bond motifs is 1.